The third-order valence-electron chi connectivity index (χ3n) is 3.99. The minimum atomic E-state index is -0.219. The standard InChI is InChI=1S/C16H26O6/c1-2-16(20-11-9-13-6-8-15(18)22-13)19-10-3-4-12-5-7-14(17)21-12/h12-13,16H,2-11H2,1H3. The van der Waals surface area contributed by atoms with E-state index in [9.17, 15) is 9.59 Å². The van der Waals surface area contributed by atoms with Crippen molar-refractivity contribution in [1.82, 2.24) is 0 Å². The first kappa shape index (κ1) is 17.2. The van der Waals surface area contributed by atoms with Crippen LogP contribution in [0.4, 0.5) is 0 Å². The van der Waals surface area contributed by atoms with Crippen LogP contribution in [0.5, 0.6) is 0 Å². The van der Waals surface area contributed by atoms with Crippen LogP contribution in [0, 0.1) is 0 Å². The lowest BCUT2D eigenvalue weighted by Gasteiger charge is -2.18. The Hall–Kier alpha value is -1.14. The van der Waals surface area contributed by atoms with E-state index in [1.54, 1.807) is 0 Å². The molecular weight excluding hydrogens is 288 g/mol. The van der Waals surface area contributed by atoms with Gasteiger partial charge >= 0.3 is 11.9 Å². The Kier molecular flexibility index (Phi) is 7.12. The Balaban J connectivity index is 1.49. The predicted octanol–water partition coefficient (Wildman–Crippen LogP) is 2.34. The number of carbonyl (C=O) groups is 2. The van der Waals surface area contributed by atoms with E-state index in [0.29, 0.717) is 26.1 Å². The van der Waals surface area contributed by atoms with Crippen LogP contribution in [0.15, 0.2) is 0 Å². The van der Waals surface area contributed by atoms with Gasteiger partial charge in [-0.1, -0.05) is 6.92 Å². The van der Waals surface area contributed by atoms with Crippen LogP contribution in [-0.4, -0.2) is 43.7 Å². The summed E-state index contributed by atoms with van der Waals surface area (Å²) in [5.41, 5.74) is 0. The Morgan fingerprint density at radius 2 is 1.59 bits per heavy atom. The van der Waals surface area contributed by atoms with Gasteiger partial charge in [0.2, 0.25) is 0 Å². The number of ether oxygens (including phenoxy) is 4. The van der Waals surface area contributed by atoms with Gasteiger partial charge in [-0.3, -0.25) is 9.59 Å². The Labute approximate surface area is 131 Å². The van der Waals surface area contributed by atoms with Crippen LogP contribution in [-0.2, 0) is 28.5 Å². The molecule has 0 aromatic heterocycles. The van der Waals surface area contributed by atoms with Gasteiger partial charge in [0, 0.05) is 25.9 Å². The van der Waals surface area contributed by atoms with Gasteiger partial charge < -0.3 is 18.9 Å². The second kappa shape index (κ2) is 9.10. The van der Waals surface area contributed by atoms with E-state index in [4.69, 9.17) is 18.9 Å². The molecule has 3 unspecified atom stereocenters. The molecule has 0 bridgehead atoms. The summed E-state index contributed by atoms with van der Waals surface area (Å²) in [6.45, 7) is 3.15. The molecule has 2 heterocycles. The van der Waals surface area contributed by atoms with Gasteiger partial charge in [0.1, 0.15) is 12.2 Å². The summed E-state index contributed by atoms with van der Waals surface area (Å²) in [6, 6.07) is 0. The fraction of sp³-hybridized carbons (Fsp3) is 0.875. The Bertz CT molecular complexity index is 370. The zero-order valence-corrected chi connectivity index (χ0v) is 13.3. The van der Waals surface area contributed by atoms with Crippen molar-refractivity contribution in [3.05, 3.63) is 0 Å². The third kappa shape index (κ3) is 5.93. The molecule has 6 nitrogen and oxygen atoms in total. The summed E-state index contributed by atoms with van der Waals surface area (Å²) in [7, 11) is 0. The van der Waals surface area contributed by atoms with E-state index in [1.807, 2.05) is 6.92 Å². The van der Waals surface area contributed by atoms with Crippen molar-refractivity contribution < 1.29 is 28.5 Å². The first-order valence-electron chi connectivity index (χ1n) is 8.29. The number of cyclic esters (lactones) is 2. The molecule has 2 rings (SSSR count). The van der Waals surface area contributed by atoms with Gasteiger partial charge in [-0.2, -0.15) is 0 Å². The average molecular weight is 314 g/mol. The van der Waals surface area contributed by atoms with E-state index in [2.05, 4.69) is 0 Å². The molecule has 0 aromatic rings. The highest BCUT2D eigenvalue weighted by Crippen LogP contribution is 2.19. The van der Waals surface area contributed by atoms with Gasteiger partial charge in [0.05, 0.1) is 6.61 Å². The van der Waals surface area contributed by atoms with Gasteiger partial charge in [-0.25, -0.2) is 0 Å². The van der Waals surface area contributed by atoms with Crippen LogP contribution >= 0.6 is 0 Å². The maximum Gasteiger partial charge on any atom is 0.306 e. The van der Waals surface area contributed by atoms with Crippen molar-refractivity contribution in [1.29, 1.82) is 0 Å². The number of esters is 2. The summed E-state index contributed by atoms with van der Waals surface area (Å²) >= 11 is 0. The fourth-order valence-corrected chi connectivity index (χ4v) is 2.71. The Morgan fingerprint density at radius 1 is 1.00 bits per heavy atom. The molecule has 2 aliphatic rings. The molecule has 3 atom stereocenters. The molecule has 126 valence electrons. The minimum absolute atomic E-state index is 0.00191. The summed E-state index contributed by atoms with van der Waals surface area (Å²) < 4.78 is 21.7. The molecule has 2 aliphatic heterocycles. The van der Waals surface area contributed by atoms with Crippen molar-refractivity contribution >= 4 is 11.9 Å². The lowest BCUT2D eigenvalue weighted by atomic mass is 10.1. The number of carbonyl (C=O) groups excluding carboxylic acids is 2. The summed E-state index contributed by atoms with van der Waals surface area (Å²) in [5.74, 6) is -0.200. The fourth-order valence-electron chi connectivity index (χ4n) is 2.71. The van der Waals surface area contributed by atoms with Gasteiger partial charge in [-0.05, 0) is 32.1 Å². The maximum absolute atomic E-state index is 11.0. The zero-order chi connectivity index (χ0) is 15.8. The molecule has 0 N–H and O–H groups in total. The summed E-state index contributed by atoms with van der Waals surface area (Å²) in [4.78, 5) is 22.0. The SMILES string of the molecule is CCC(OCCCC1CCC(=O)O1)OCCC1CCC(=O)O1. The van der Waals surface area contributed by atoms with Crippen molar-refractivity contribution in [3.63, 3.8) is 0 Å². The van der Waals surface area contributed by atoms with E-state index < -0.39 is 0 Å². The number of rotatable bonds is 10. The number of hydrogen-bond acceptors (Lipinski definition) is 6. The van der Waals surface area contributed by atoms with Crippen molar-refractivity contribution in [2.75, 3.05) is 13.2 Å². The molecule has 0 radical (unpaired) electrons. The Morgan fingerprint density at radius 3 is 2.14 bits per heavy atom. The molecule has 0 spiro atoms. The maximum atomic E-state index is 11.0. The van der Waals surface area contributed by atoms with Crippen LogP contribution in [0.1, 0.15) is 58.3 Å². The normalized spacial score (nSPS) is 26.0. The second-order valence-corrected chi connectivity index (χ2v) is 5.81. The second-order valence-electron chi connectivity index (χ2n) is 5.81. The first-order valence-corrected chi connectivity index (χ1v) is 8.29. The largest absolute Gasteiger partial charge is 0.462 e. The quantitative estimate of drug-likeness (QED) is 0.350. The predicted molar refractivity (Wildman–Crippen MR) is 78.1 cm³/mol. The highest BCUT2D eigenvalue weighted by Gasteiger charge is 2.24. The average Bonchev–Trinajstić information content (AvgIpc) is 3.10. The zero-order valence-electron chi connectivity index (χ0n) is 13.3. The van der Waals surface area contributed by atoms with Crippen LogP contribution in [0.3, 0.4) is 0 Å². The highest BCUT2D eigenvalue weighted by molar-refractivity contribution is 5.71. The molecule has 0 amide bonds. The molecule has 0 saturated carbocycles. The lowest BCUT2D eigenvalue weighted by Crippen LogP contribution is -2.20. The summed E-state index contributed by atoms with van der Waals surface area (Å²) in [5, 5.41) is 0. The monoisotopic (exact) mass is 314 g/mol. The van der Waals surface area contributed by atoms with E-state index in [0.717, 1.165) is 38.5 Å². The molecule has 0 aromatic carbocycles. The lowest BCUT2D eigenvalue weighted by molar-refractivity contribution is -0.154. The van der Waals surface area contributed by atoms with E-state index >= 15 is 0 Å². The first-order chi connectivity index (χ1) is 10.7. The summed E-state index contributed by atoms with van der Waals surface area (Å²) in [6.07, 6.45) is 5.74. The topological polar surface area (TPSA) is 71.1 Å². The molecule has 0 aliphatic carbocycles. The van der Waals surface area contributed by atoms with E-state index in [-0.39, 0.29) is 30.4 Å². The highest BCUT2D eigenvalue weighted by atomic mass is 16.7. The van der Waals surface area contributed by atoms with Gasteiger partial charge in [0.15, 0.2) is 6.29 Å². The number of hydrogen-bond donors (Lipinski definition) is 0. The third-order valence-corrected chi connectivity index (χ3v) is 3.99. The van der Waals surface area contributed by atoms with Crippen LogP contribution in [0.2, 0.25) is 0 Å². The van der Waals surface area contributed by atoms with E-state index in [1.165, 1.54) is 0 Å². The molecule has 2 fully saturated rings. The smallest absolute Gasteiger partial charge is 0.306 e. The van der Waals surface area contributed by atoms with Crippen LogP contribution < -0.4 is 0 Å². The molecular formula is C16H26O6. The van der Waals surface area contributed by atoms with Gasteiger partial charge in [-0.15, -0.1) is 0 Å². The van der Waals surface area contributed by atoms with Crippen molar-refractivity contribution in [2.45, 2.75) is 76.8 Å². The minimum Gasteiger partial charge on any atom is -0.462 e. The van der Waals surface area contributed by atoms with Gasteiger partial charge in [0.25, 0.3) is 0 Å². The van der Waals surface area contributed by atoms with Crippen molar-refractivity contribution in [3.8, 4) is 0 Å². The molecule has 6 heteroatoms. The van der Waals surface area contributed by atoms with Crippen molar-refractivity contribution in [2.24, 2.45) is 0 Å². The molecule has 2 saturated heterocycles. The molecule has 22 heavy (non-hydrogen) atoms. The van der Waals surface area contributed by atoms with Crippen LogP contribution in [0.25, 0.3) is 0 Å².